The van der Waals surface area contributed by atoms with E-state index in [9.17, 15) is 0 Å². The highest BCUT2D eigenvalue weighted by molar-refractivity contribution is 14.0. The summed E-state index contributed by atoms with van der Waals surface area (Å²) in [6.07, 6.45) is 4.73. The third-order valence-electron chi connectivity index (χ3n) is 3.41. The second kappa shape index (κ2) is 6.73. The van der Waals surface area contributed by atoms with E-state index in [1.54, 1.807) is 0 Å². The summed E-state index contributed by atoms with van der Waals surface area (Å²) in [6, 6.07) is 0.989. The normalized spacial score (nSPS) is 17.9. The first-order valence-corrected chi connectivity index (χ1v) is 7.21. The van der Waals surface area contributed by atoms with Gasteiger partial charge in [0, 0.05) is 25.0 Å². The van der Waals surface area contributed by atoms with E-state index in [4.69, 9.17) is 0 Å². The Labute approximate surface area is 136 Å². The van der Waals surface area contributed by atoms with Crippen molar-refractivity contribution in [2.75, 3.05) is 0 Å². The van der Waals surface area contributed by atoms with Crippen molar-refractivity contribution >= 4 is 29.9 Å². The lowest BCUT2D eigenvalue weighted by Gasteiger charge is -2.14. The maximum absolute atomic E-state index is 4.64. The van der Waals surface area contributed by atoms with Gasteiger partial charge in [-0.05, 0) is 33.1 Å². The van der Waals surface area contributed by atoms with E-state index in [1.165, 1.54) is 19.3 Å². The van der Waals surface area contributed by atoms with Crippen molar-refractivity contribution in [3.8, 4) is 0 Å². The number of aromatic nitrogens is 3. The van der Waals surface area contributed by atoms with Crippen LogP contribution in [0.15, 0.2) is 4.99 Å². The van der Waals surface area contributed by atoms with Crippen LogP contribution in [-0.2, 0) is 19.5 Å². The summed E-state index contributed by atoms with van der Waals surface area (Å²) in [6.45, 7) is 5.88. The Kier molecular flexibility index (Phi) is 5.22. The largest absolute Gasteiger partial charge is 0.354 e. The van der Waals surface area contributed by atoms with Crippen molar-refractivity contribution in [3.05, 3.63) is 11.6 Å². The highest BCUT2D eigenvalue weighted by atomic mass is 127. The highest BCUT2D eigenvalue weighted by Gasteiger charge is 2.23. The monoisotopic (exact) mass is 390 g/mol. The molecule has 2 aliphatic rings. The Balaban J connectivity index is 0.00000147. The molecule has 0 aromatic carbocycles. The number of rotatable bonds is 4. The molecule has 1 aliphatic heterocycles. The van der Waals surface area contributed by atoms with Gasteiger partial charge in [0.2, 0.25) is 0 Å². The summed E-state index contributed by atoms with van der Waals surface area (Å²) >= 11 is 0. The van der Waals surface area contributed by atoms with Crippen LogP contribution in [0.1, 0.15) is 44.8 Å². The molecule has 0 bridgehead atoms. The molecule has 6 nitrogen and oxygen atoms in total. The molecule has 7 heteroatoms. The molecule has 2 heterocycles. The summed E-state index contributed by atoms with van der Waals surface area (Å²) < 4.78 is 2.20. The van der Waals surface area contributed by atoms with Gasteiger partial charge in [-0.25, -0.2) is 4.99 Å². The average Bonchev–Trinajstić information content (AvgIpc) is 2.89. The first-order chi connectivity index (χ1) is 9.22. The fraction of sp³-hybridized carbons (Fsp3) is 0.769. The number of aliphatic imine (C=N–C) groups is 1. The fourth-order valence-electron chi connectivity index (χ4n) is 2.30. The molecule has 0 spiro atoms. The Hall–Kier alpha value is -0.860. The lowest BCUT2D eigenvalue weighted by molar-refractivity contribution is 0.670. The van der Waals surface area contributed by atoms with Gasteiger partial charge >= 0.3 is 0 Å². The van der Waals surface area contributed by atoms with Crippen molar-refractivity contribution in [2.24, 2.45) is 4.99 Å². The molecule has 1 fully saturated rings. The smallest absolute Gasteiger partial charge is 0.192 e. The third-order valence-corrected chi connectivity index (χ3v) is 3.41. The van der Waals surface area contributed by atoms with Crippen molar-refractivity contribution < 1.29 is 0 Å². The molecule has 1 aliphatic carbocycles. The first kappa shape index (κ1) is 15.5. The average molecular weight is 390 g/mol. The molecule has 0 atom stereocenters. The Bertz CT molecular complexity index is 471. The van der Waals surface area contributed by atoms with E-state index in [2.05, 4.69) is 44.2 Å². The number of nitrogens with zero attached hydrogens (tertiary/aromatic N) is 4. The number of fused-ring (bicyclic) bond motifs is 1. The molecule has 20 heavy (non-hydrogen) atoms. The zero-order chi connectivity index (χ0) is 13.2. The molecule has 1 aromatic rings. The predicted octanol–water partition coefficient (Wildman–Crippen LogP) is 1.45. The Morgan fingerprint density at radius 1 is 1.40 bits per heavy atom. The van der Waals surface area contributed by atoms with Crippen molar-refractivity contribution in [2.45, 2.75) is 64.7 Å². The maximum atomic E-state index is 4.64. The van der Waals surface area contributed by atoms with Gasteiger partial charge in [-0.2, -0.15) is 0 Å². The van der Waals surface area contributed by atoms with E-state index < -0.39 is 0 Å². The standard InChI is InChI=1S/C13H22N6.HI/c1-9(2)15-13(16-10-5-6-10)14-8-12-18-17-11-4-3-7-19(11)12;/h9-10H,3-8H2,1-2H3,(H2,14,15,16);1H. The minimum atomic E-state index is 0. The molecular weight excluding hydrogens is 367 g/mol. The van der Waals surface area contributed by atoms with Crippen LogP contribution < -0.4 is 10.6 Å². The molecule has 112 valence electrons. The van der Waals surface area contributed by atoms with Crippen LogP contribution in [0.4, 0.5) is 0 Å². The van der Waals surface area contributed by atoms with Gasteiger partial charge in [-0.15, -0.1) is 34.2 Å². The van der Waals surface area contributed by atoms with Crippen LogP contribution in [0.3, 0.4) is 0 Å². The van der Waals surface area contributed by atoms with E-state index in [0.29, 0.717) is 18.6 Å². The number of hydrogen-bond donors (Lipinski definition) is 2. The van der Waals surface area contributed by atoms with Gasteiger partial charge in [0.15, 0.2) is 11.8 Å². The molecule has 3 rings (SSSR count). The molecule has 0 saturated heterocycles. The number of halogens is 1. The summed E-state index contributed by atoms with van der Waals surface area (Å²) in [7, 11) is 0. The predicted molar refractivity (Wildman–Crippen MR) is 89.3 cm³/mol. The van der Waals surface area contributed by atoms with Crippen LogP contribution >= 0.6 is 24.0 Å². The topological polar surface area (TPSA) is 67.1 Å². The molecule has 2 N–H and O–H groups in total. The first-order valence-electron chi connectivity index (χ1n) is 7.21. The van der Waals surface area contributed by atoms with Gasteiger partial charge in [0.05, 0.1) is 0 Å². The minimum Gasteiger partial charge on any atom is -0.354 e. The summed E-state index contributed by atoms with van der Waals surface area (Å²) in [5.74, 6) is 2.99. The van der Waals surface area contributed by atoms with Gasteiger partial charge in [0.1, 0.15) is 12.4 Å². The zero-order valence-corrected chi connectivity index (χ0v) is 14.4. The zero-order valence-electron chi connectivity index (χ0n) is 12.1. The number of nitrogens with one attached hydrogen (secondary N) is 2. The highest BCUT2D eigenvalue weighted by Crippen LogP contribution is 2.18. The van der Waals surface area contributed by atoms with Crippen LogP contribution in [0, 0.1) is 0 Å². The van der Waals surface area contributed by atoms with Gasteiger partial charge < -0.3 is 15.2 Å². The molecular formula is C13H23IN6. The third kappa shape index (κ3) is 3.83. The molecule has 0 amide bonds. The summed E-state index contributed by atoms with van der Waals surface area (Å²) in [5, 5.41) is 15.2. The van der Waals surface area contributed by atoms with Crippen LogP contribution in [0.2, 0.25) is 0 Å². The molecule has 1 saturated carbocycles. The van der Waals surface area contributed by atoms with E-state index in [-0.39, 0.29) is 24.0 Å². The maximum Gasteiger partial charge on any atom is 0.192 e. The number of hydrogen-bond acceptors (Lipinski definition) is 3. The van der Waals surface area contributed by atoms with Gasteiger partial charge in [-0.3, -0.25) is 0 Å². The number of aryl methyl sites for hydroxylation is 1. The molecule has 0 radical (unpaired) electrons. The van der Waals surface area contributed by atoms with E-state index in [1.807, 2.05) is 0 Å². The second-order valence-corrected chi connectivity index (χ2v) is 5.67. The quantitative estimate of drug-likeness (QED) is 0.464. The number of guanidine groups is 1. The SMILES string of the molecule is CC(C)NC(=NCc1nnc2n1CCC2)NC1CC1.I. The minimum absolute atomic E-state index is 0. The van der Waals surface area contributed by atoms with Crippen molar-refractivity contribution in [3.63, 3.8) is 0 Å². The lowest BCUT2D eigenvalue weighted by Crippen LogP contribution is -2.42. The van der Waals surface area contributed by atoms with Crippen LogP contribution in [0.25, 0.3) is 0 Å². The van der Waals surface area contributed by atoms with Crippen molar-refractivity contribution in [1.29, 1.82) is 0 Å². The van der Waals surface area contributed by atoms with Gasteiger partial charge in [-0.1, -0.05) is 0 Å². The Morgan fingerprint density at radius 2 is 2.20 bits per heavy atom. The lowest BCUT2D eigenvalue weighted by atomic mass is 10.4. The Morgan fingerprint density at radius 3 is 2.90 bits per heavy atom. The fourth-order valence-corrected chi connectivity index (χ4v) is 2.30. The van der Waals surface area contributed by atoms with E-state index in [0.717, 1.165) is 30.6 Å². The molecule has 0 unspecified atom stereocenters. The van der Waals surface area contributed by atoms with Crippen molar-refractivity contribution in [1.82, 2.24) is 25.4 Å². The summed E-state index contributed by atoms with van der Waals surface area (Å²) in [5.41, 5.74) is 0. The second-order valence-electron chi connectivity index (χ2n) is 5.67. The van der Waals surface area contributed by atoms with Gasteiger partial charge in [0.25, 0.3) is 0 Å². The summed E-state index contributed by atoms with van der Waals surface area (Å²) in [4.78, 5) is 4.64. The van der Waals surface area contributed by atoms with E-state index >= 15 is 0 Å². The van der Waals surface area contributed by atoms with Crippen LogP contribution in [0.5, 0.6) is 0 Å². The molecule has 1 aromatic heterocycles. The van der Waals surface area contributed by atoms with Crippen LogP contribution in [-0.4, -0.2) is 32.8 Å².